The predicted octanol–water partition coefficient (Wildman–Crippen LogP) is 4.05. The Bertz CT molecular complexity index is 819. The van der Waals surface area contributed by atoms with Crippen LogP contribution in [0, 0.1) is 0 Å². The highest BCUT2D eigenvalue weighted by molar-refractivity contribution is 8.13. The fourth-order valence-corrected chi connectivity index (χ4v) is 4.03. The number of rotatable bonds is 7. The van der Waals surface area contributed by atoms with Crippen molar-refractivity contribution in [3.05, 3.63) is 48.3 Å². The van der Waals surface area contributed by atoms with Crippen molar-refractivity contribution in [1.82, 2.24) is 9.80 Å². The number of nitrogens with zero attached hydrogens (tertiary/aromatic N) is 4. The molecule has 1 fully saturated rings. The average Bonchev–Trinajstić information content (AvgIpc) is 2.72. The fourth-order valence-electron chi connectivity index (χ4n) is 3.44. The zero-order chi connectivity index (χ0) is 21.6. The quantitative estimate of drug-likeness (QED) is 0.496. The highest BCUT2D eigenvalue weighted by Gasteiger charge is 2.32. The van der Waals surface area contributed by atoms with E-state index in [0.29, 0.717) is 0 Å². The van der Waals surface area contributed by atoms with Crippen molar-refractivity contribution in [2.45, 2.75) is 26.4 Å². The lowest BCUT2D eigenvalue weighted by molar-refractivity contribution is 0.189. The summed E-state index contributed by atoms with van der Waals surface area (Å²) < 4.78 is 10.9. The van der Waals surface area contributed by atoms with Crippen molar-refractivity contribution in [1.29, 1.82) is 0 Å². The Balaban J connectivity index is 2.22. The summed E-state index contributed by atoms with van der Waals surface area (Å²) in [6.07, 6.45) is 2.01. The van der Waals surface area contributed by atoms with Crippen molar-refractivity contribution >= 4 is 22.6 Å². The molecular formula is C22H32N4O2S. The number of methoxy groups -OCH3 is 2. The SMILES string of the molecule is C=C(C)N=C(SC)C(=C)N1CCN(Cc2ccc(OC)cc2OC)[C@@H](C)C1=NC. The zero-order valence-electron chi connectivity index (χ0n) is 18.4. The van der Waals surface area contributed by atoms with Crippen LogP contribution in [0.2, 0.25) is 0 Å². The summed E-state index contributed by atoms with van der Waals surface area (Å²) in [6, 6.07) is 6.08. The van der Waals surface area contributed by atoms with Crippen LogP contribution in [0.25, 0.3) is 0 Å². The summed E-state index contributed by atoms with van der Waals surface area (Å²) in [6.45, 7) is 14.7. The van der Waals surface area contributed by atoms with Crippen molar-refractivity contribution in [3.8, 4) is 11.5 Å². The van der Waals surface area contributed by atoms with Gasteiger partial charge in [-0.15, -0.1) is 11.8 Å². The van der Waals surface area contributed by atoms with E-state index >= 15 is 0 Å². The van der Waals surface area contributed by atoms with Gasteiger partial charge in [0, 0.05) is 44.0 Å². The van der Waals surface area contributed by atoms with Crippen molar-refractivity contribution in [2.24, 2.45) is 9.98 Å². The van der Waals surface area contributed by atoms with Gasteiger partial charge in [0.05, 0.1) is 26.0 Å². The summed E-state index contributed by atoms with van der Waals surface area (Å²) >= 11 is 1.58. The lowest BCUT2D eigenvalue weighted by atomic mass is 10.1. The Hall–Kier alpha value is -2.25. The van der Waals surface area contributed by atoms with Crippen LogP contribution in [0.4, 0.5) is 0 Å². The Labute approximate surface area is 179 Å². The second-order valence-corrected chi connectivity index (χ2v) is 7.66. The summed E-state index contributed by atoms with van der Waals surface area (Å²) in [5, 5.41) is 0.871. The number of hydrogen-bond donors (Lipinski definition) is 0. The van der Waals surface area contributed by atoms with Crippen LogP contribution < -0.4 is 9.47 Å². The van der Waals surface area contributed by atoms with E-state index in [4.69, 9.17) is 9.47 Å². The molecule has 2 rings (SSSR count). The van der Waals surface area contributed by atoms with Crippen molar-refractivity contribution < 1.29 is 9.47 Å². The second kappa shape index (κ2) is 10.5. The standard InChI is InChI=1S/C22H32N4O2S/c1-15(2)24-22(29-8)17(4)26-12-11-25(16(3)21(26)23-5)14-18-9-10-19(27-6)13-20(18)28-7/h9-10,13,16H,1,4,11-12,14H2,2-3,5-8H3/t16-/m0/s1. The highest BCUT2D eigenvalue weighted by Crippen LogP contribution is 2.28. The van der Waals surface area contributed by atoms with Crippen molar-refractivity contribution in [2.75, 3.05) is 40.6 Å². The lowest BCUT2D eigenvalue weighted by Gasteiger charge is -2.42. The maximum absolute atomic E-state index is 5.57. The van der Waals surface area contributed by atoms with E-state index in [-0.39, 0.29) is 6.04 Å². The van der Waals surface area contributed by atoms with Crippen LogP contribution in [0.15, 0.2) is 52.7 Å². The molecule has 0 spiro atoms. The molecule has 0 N–H and O–H groups in total. The highest BCUT2D eigenvalue weighted by atomic mass is 32.2. The van der Waals surface area contributed by atoms with Gasteiger partial charge in [-0.1, -0.05) is 19.2 Å². The molecule has 7 heteroatoms. The maximum Gasteiger partial charge on any atom is 0.127 e. The smallest absolute Gasteiger partial charge is 0.127 e. The average molecular weight is 417 g/mol. The molecule has 1 saturated heterocycles. The second-order valence-electron chi connectivity index (χ2n) is 6.86. The normalized spacial score (nSPS) is 19.4. The molecule has 0 aliphatic carbocycles. The van der Waals surface area contributed by atoms with Crippen LogP contribution in [0.5, 0.6) is 11.5 Å². The van der Waals surface area contributed by atoms with E-state index in [1.165, 1.54) is 0 Å². The minimum absolute atomic E-state index is 0.130. The van der Waals surface area contributed by atoms with E-state index < -0.39 is 0 Å². The van der Waals surface area contributed by atoms with Gasteiger partial charge in [0.1, 0.15) is 22.4 Å². The molecule has 1 atom stereocenters. The number of allylic oxidation sites excluding steroid dienone is 1. The van der Waals surface area contributed by atoms with Gasteiger partial charge in [-0.2, -0.15) is 0 Å². The number of thioether (sulfide) groups is 1. The van der Waals surface area contributed by atoms with Gasteiger partial charge in [0.15, 0.2) is 0 Å². The number of ether oxygens (including phenoxy) is 2. The Morgan fingerprint density at radius 1 is 1.24 bits per heavy atom. The van der Waals surface area contributed by atoms with Gasteiger partial charge in [0.2, 0.25) is 0 Å². The first kappa shape index (κ1) is 23.0. The molecule has 158 valence electrons. The first-order chi connectivity index (χ1) is 13.9. The monoisotopic (exact) mass is 416 g/mol. The minimum Gasteiger partial charge on any atom is -0.497 e. The molecule has 0 bridgehead atoms. The van der Waals surface area contributed by atoms with Crippen LogP contribution in [0.3, 0.4) is 0 Å². The molecule has 0 radical (unpaired) electrons. The Morgan fingerprint density at radius 3 is 2.52 bits per heavy atom. The summed E-state index contributed by atoms with van der Waals surface area (Å²) in [5.74, 6) is 2.60. The third-order valence-corrected chi connectivity index (χ3v) is 5.68. The van der Waals surface area contributed by atoms with E-state index in [1.807, 2.05) is 32.4 Å². The predicted molar refractivity (Wildman–Crippen MR) is 124 cm³/mol. The van der Waals surface area contributed by atoms with Gasteiger partial charge >= 0.3 is 0 Å². The number of amidine groups is 1. The maximum atomic E-state index is 5.57. The van der Waals surface area contributed by atoms with E-state index in [2.05, 4.69) is 45.9 Å². The topological polar surface area (TPSA) is 49.7 Å². The molecule has 0 unspecified atom stereocenters. The van der Waals surface area contributed by atoms with Crippen LogP contribution in [-0.2, 0) is 6.54 Å². The van der Waals surface area contributed by atoms with Crippen molar-refractivity contribution in [3.63, 3.8) is 0 Å². The number of aliphatic imine (C=N–C) groups is 2. The molecule has 6 nitrogen and oxygen atoms in total. The number of piperazine rings is 1. The summed E-state index contributed by atoms with van der Waals surface area (Å²) in [5.41, 5.74) is 2.76. The molecular weight excluding hydrogens is 384 g/mol. The van der Waals surface area contributed by atoms with Gasteiger partial charge in [-0.3, -0.25) is 9.89 Å². The van der Waals surface area contributed by atoms with Gasteiger partial charge in [0.25, 0.3) is 0 Å². The first-order valence-corrected chi connectivity index (χ1v) is 10.7. The van der Waals surface area contributed by atoms with Gasteiger partial charge < -0.3 is 14.4 Å². The van der Waals surface area contributed by atoms with Crippen LogP contribution in [-0.4, -0.2) is 67.3 Å². The van der Waals surface area contributed by atoms with Gasteiger partial charge in [-0.25, -0.2) is 4.99 Å². The van der Waals surface area contributed by atoms with Crippen LogP contribution in [0.1, 0.15) is 19.4 Å². The molecule has 1 aromatic rings. The molecule has 1 aliphatic heterocycles. The third-order valence-electron chi connectivity index (χ3n) is 4.96. The Kier molecular flexibility index (Phi) is 8.34. The molecule has 0 amide bonds. The van der Waals surface area contributed by atoms with E-state index in [0.717, 1.165) is 59.0 Å². The molecule has 1 heterocycles. The van der Waals surface area contributed by atoms with Crippen LogP contribution >= 0.6 is 11.8 Å². The summed E-state index contributed by atoms with van der Waals surface area (Å²) in [4.78, 5) is 13.7. The van der Waals surface area contributed by atoms with Gasteiger partial charge in [-0.05, 0) is 26.2 Å². The first-order valence-electron chi connectivity index (χ1n) is 9.52. The number of benzene rings is 1. The number of hydrogen-bond acceptors (Lipinski definition) is 6. The molecule has 0 saturated carbocycles. The Morgan fingerprint density at radius 2 is 1.97 bits per heavy atom. The van der Waals surface area contributed by atoms with E-state index in [1.54, 1.807) is 26.0 Å². The minimum atomic E-state index is 0.130. The largest absolute Gasteiger partial charge is 0.497 e. The summed E-state index contributed by atoms with van der Waals surface area (Å²) in [7, 11) is 5.18. The zero-order valence-corrected chi connectivity index (χ0v) is 19.2. The fraction of sp³-hybridized carbons (Fsp3) is 0.455. The molecule has 29 heavy (non-hydrogen) atoms. The molecule has 1 aliphatic rings. The third kappa shape index (κ3) is 5.42. The van der Waals surface area contributed by atoms with E-state index in [9.17, 15) is 0 Å². The molecule has 0 aromatic heterocycles. The lowest BCUT2D eigenvalue weighted by Crippen LogP contribution is -2.55. The molecule has 1 aromatic carbocycles.